The van der Waals surface area contributed by atoms with Crippen LogP contribution in [-0.4, -0.2) is 71.7 Å². The molecular weight excluding hydrogens is 306 g/mol. The van der Waals surface area contributed by atoms with Crippen LogP contribution in [0.5, 0.6) is 0 Å². The Morgan fingerprint density at radius 3 is 2.36 bits per heavy atom. The number of piperazine rings is 1. The molecule has 0 aromatic heterocycles. The number of carbonyl (C=O) groups excluding carboxylic acids is 2. The lowest BCUT2D eigenvalue weighted by Gasteiger charge is -2.43. The standard InChI is InChI=1S/C13H17F4N3O2/c14-8-5-9(18-6-8)10(21)19-3-4-20(11(22)13(15,16)17)12(7-19)1-2-12/h8-9,18H,1-7H2/t8-,9-/m1/s1. The van der Waals surface area contributed by atoms with Gasteiger partial charge in [0.05, 0.1) is 11.6 Å². The third kappa shape index (κ3) is 2.66. The Labute approximate surface area is 124 Å². The molecule has 0 radical (unpaired) electrons. The van der Waals surface area contributed by atoms with Crippen molar-refractivity contribution in [1.82, 2.24) is 15.1 Å². The van der Waals surface area contributed by atoms with E-state index in [9.17, 15) is 27.2 Å². The van der Waals surface area contributed by atoms with Gasteiger partial charge in [-0.15, -0.1) is 0 Å². The molecule has 9 heteroatoms. The number of amides is 2. The molecule has 1 spiro atoms. The van der Waals surface area contributed by atoms with Crippen molar-refractivity contribution in [3.05, 3.63) is 0 Å². The fourth-order valence-electron chi connectivity index (χ4n) is 3.31. The first-order valence-corrected chi connectivity index (χ1v) is 7.28. The second kappa shape index (κ2) is 5.07. The van der Waals surface area contributed by atoms with Crippen LogP contribution in [0.3, 0.4) is 0 Å². The first kappa shape index (κ1) is 15.5. The van der Waals surface area contributed by atoms with E-state index in [2.05, 4.69) is 5.32 Å². The van der Waals surface area contributed by atoms with Crippen molar-refractivity contribution in [3.8, 4) is 0 Å². The highest BCUT2D eigenvalue weighted by molar-refractivity contribution is 5.85. The summed E-state index contributed by atoms with van der Waals surface area (Å²) >= 11 is 0. The molecule has 2 saturated heterocycles. The van der Waals surface area contributed by atoms with Gasteiger partial charge in [-0.2, -0.15) is 13.2 Å². The minimum atomic E-state index is -4.89. The number of carbonyl (C=O) groups is 2. The van der Waals surface area contributed by atoms with Gasteiger partial charge in [0.15, 0.2) is 0 Å². The van der Waals surface area contributed by atoms with Crippen LogP contribution in [-0.2, 0) is 9.59 Å². The maximum Gasteiger partial charge on any atom is 0.471 e. The van der Waals surface area contributed by atoms with Crippen LogP contribution < -0.4 is 5.32 Å². The number of nitrogens with zero attached hydrogens (tertiary/aromatic N) is 2. The van der Waals surface area contributed by atoms with Crippen LogP contribution in [0.15, 0.2) is 0 Å². The second-order valence-electron chi connectivity index (χ2n) is 6.23. The van der Waals surface area contributed by atoms with Crippen LogP contribution in [0.2, 0.25) is 0 Å². The maximum absolute atomic E-state index is 13.2. The van der Waals surface area contributed by atoms with Gasteiger partial charge in [0.25, 0.3) is 0 Å². The Hall–Kier alpha value is -1.38. The highest BCUT2D eigenvalue weighted by atomic mass is 19.4. The van der Waals surface area contributed by atoms with Crippen LogP contribution in [0.1, 0.15) is 19.3 Å². The lowest BCUT2D eigenvalue weighted by atomic mass is 10.1. The van der Waals surface area contributed by atoms with E-state index in [1.165, 1.54) is 4.90 Å². The lowest BCUT2D eigenvalue weighted by molar-refractivity contribution is -0.191. The van der Waals surface area contributed by atoms with Gasteiger partial charge in [-0.05, 0) is 12.8 Å². The first-order chi connectivity index (χ1) is 10.2. The largest absolute Gasteiger partial charge is 0.471 e. The fourth-order valence-corrected chi connectivity index (χ4v) is 3.31. The SMILES string of the molecule is O=C([C@H]1C[C@@H](F)CN1)N1CCN(C(=O)C(F)(F)F)C2(CC2)C1. The van der Waals surface area contributed by atoms with E-state index in [0.717, 1.165) is 4.90 Å². The fraction of sp³-hybridized carbons (Fsp3) is 0.846. The molecule has 2 aliphatic heterocycles. The Morgan fingerprint density at radius 1 is 1.18 bits per heavy atom. The average molecular weight is 323 g/mol. The molecule has 0 aromatic rings. The van der Waals surface area contributed by atoms with Crippen molar-refractivity contribution in [2.45, 2.75) is 43.2 Å². The molecule has 3 rings (SSSR count). The Balaban J connectivity index is 1.67. The summed E-state index contributed by atoms with van der Waals surface area (Å²) in [6.45, 7) is 0.143. The van der Waals surface area contributed by atoms with Gasteiger partial charge < -0.3 is 15.1 Å². The topological polar surface area (TPSA) is 52.7 Å². The van der Waals surface area contributed by atoms with Crippen molar-refractivity contribution in [2.75, 3.05) is 26.2 Å². The third-order valence-electron chi connectivity index (χ3n) is 4.65. The van der Waals surface area contributed by atoms with Crippen molar-refractivity contribution in [1.29, 1.82) is 0 Å². The number of hydrogen-bond acceptors (Lipinski definition) is 3. The number of halogens is 4. The normalized spacial score (nSPS) is 30.7. The molecule has 0 bridgehead atoms. The molecule has 1 N–H and O–H groups in total. The molecule has 2 heterocycles. The van der Waals surface area contributed by atoms with E-state index in [-0.39, 0.29) is 38.5 Å². The third-order valence-corrected chi connectivity index (χ3v) is 4.65. The maximum atomic E-state index is 13.2. The monoisotopic (exact) mass is 323 g/mol. The number of hydrogen-bond donors (Lipinski definition) is 1. The van der Waals surface area contributed by atoms with Gasteiger partial charge in [-0.3, -0.25) is 9.59 Å². The van der Waals surface area contributed by atoms with E-state index in [4.69, 9.17) is 0 Å². The minimum Gasteiger partial charge on any atom is -0.337 e. The average Bonchev–Trinajstić information content (AvgIpc) is 3.06. The number of rotatable bonds is 1. The summed E-state index contributed by atoms with van der Waals surface area (Å²) in [6, 6.07) is -0.615. The summed E-state index contributed by atoms with van der Waals surface area (Å²) in [5.74, 6) is -2.12. The van der Waals surface area contributed by atoms with Gasteiger partial charge in [0, 0.05) is 32.6 Å². The first-order valence-electron chi connectivity index (χ1n) is 7.28. The van der Waals surface area contributed by atoms with Crippen molar-refractivity contribution < 1.29 is 27.2 Å². The van der Waals surface area contributed by atoms with Gasteiger partial charge in [0.1, 0.15) is 6.17 Å². The molecule has 2 amide bonds. The zero-order valence-corrected chi connectivity index (χ0v) is 11.8. The van der Waals surface area contributed by atoms with E-state index in [1.54, 1.807) is 0 Å². The molecular formula is C13H17F4N3O2. The minimum absolute atomic E-state index is 0.0531. The highest BCUT2D eigenvalue weighted by Crippen LogP contribution is 2.45. The zero-order chi connectivity index (χ0) is 16.1. The number of alkyl halides is 4. The van der Waals surface area contributed by atoms with Crippen molar-refractivity contribution in [3.63, 3.8) is 0 Å². The van der Waals surface area contributed by atoms with E-state index in [0.29, 0.717) is 12.8 Å². The summed E-state index contributed by atoms with van der Waals surface area (Å²) < 4.78 is 51.0. The summed E-state index contributed by atoms with van der Waals surface area (Å²) in [5, 5.41) is 2.78. The van der Waals surface area contributed by atoms with Gasteiger partial charge in [-0.25, -0.2) is 4.39 Å². The van der Waals surface area contributed by atoms with Gasteiger partial charge >= 0.3 is 12.1 Å². The van der Waals surface area contributed by atoms with Crippen LogP contribution in [0.4, 0.5) is 17.6 Å². The molecule has 1 saturated carbocycles. The van der Waals surface area contributed by atoms with Crippen molar-refractivity contribution in [2.24, 2.45) is 0 Å². The summed E-state index contributed by atoms with van der Waals surface area (Å²) in [4.78, 5) is 26.1. The molecule has 124 valence electrons. The molecule has 0 aromatic carbocycles. The number of nitrogens with one attached hydrogen (secondary N) is 1. The quantitative estimate of drug-likeness (QED) is 0.713. The molecule has 2 atom stereocenters. The molecule has 1 aliphatic carbocycles. The van der Waals surface area contributed by atoms with Crippen LogP contribution in [0.25, 0.3) is 0 Å². The van der Waals surface area contributed by atoms with E-state index < -0.39 is 29.8 Å². The Bertz CT molecular complexity index is 492. The predicted octanol–water partition coefficient (Wildman–Crippen LogP) is 0.452. The van der Waals surface area contributed by atoms with Gasteiger partial charge in [-0.1, -0.05) is 0 Å². The summed E-state index contributed by atoms with van der Waals surface area (Å²) in [5.41, 5.74) is -0.881. The van der Waals surface area contributed by atoms with E-state index in [1.807, 2.05) is 0 Å². The molecule has 3 aliphatic rings. The van der Waals surface area contributed by atoms with Crippen molar-refractivity contribution >= 4 is 11.8 Å². The predicted molar refractivity (Wildman–Crippen MR) is 67.6 cm³/mol. The smallest absolute Gasteiger partial charge is 0.337 e. The van der Waals surface area contributed by atoms with Crippen LogP contribution in [0, 0.1) is 0 Å². The summed E-state index contributed by atoms with van der Waals surface area (Å²) in [6.07, 6.45) is -4.95. The second-order valence-corrected chi connectivity index (χ2v) is 6.23. The molecule has 5 nitrogen and oxygen atoms in total. The highest BCUT2D eigenvalue weighted by Gasteiger charge is 2.58. The lowest BCUT2D eigenvalue weighted by Crippen LogP contribution is -2.62. The zero-order valence-electron chi connectivity index (χ0n) is 11.8. The van der Waals surface area contributed by atoms with Crippen LogP contribution >= 0.6 is 0 Å². The van der Waals surface area contributed by atoms with E-state index >= 15 is 0 Å². The summed E-state index contributed by atoms with van der Waals surface area (Å²) in [7, 11) is 0. The molecule has 22 heavy (non-hydrogen) atoms. The molecule has 3 fully saturated rings. The van der Waals surface area contributed by atoms with Gasteiger partial charge in [0.2, 0.25) is 5.91 Å². The molecule has 0 unspecified atom stereocenters. The Morgan fingerprint density at radius 2 is 1.86 bits per heavy atom. The Kier molecular flexibility index (Phi) is 3.58.